The van der Waals surface area contributed by atoms with Crippen LogP contribution < -0.4 is 0 Å². The lowest BCUT2D eigenvalue weighted by Crippen LogP contribution is -2.37. The predicted octanol–water partition coefficient (Wildman–Crippen LogP) is 3.97. The van der Waals surface area contributed by atoms with Gasteiger partial charge in [0.05, 0.1) is 12.5 Å². The van der Waals surface area contributed by atoms with Gasteiger partial charge in [-0.25, -0.2) is 0 Å². The van der Waals surface area contributed by atoms with Gasteiger partial charge in [0.2, 0.25) is 11.8 Å². The van der Waals surface area contributed by atoms with Crippen LogP contribution in [0.25, 0.3) is 6.08 Å². The minimum atomic E-state index is -0.333. The van der Waals surface area contributed by atoms with Gasteiger partial charge in [0.1, 0.15) is 0 Å². The van der Waals surface area contributed by atoms with Gasteiger partial charge in [-0.05, 0) is 46.5 Å². The lowest BCUT2D eigenvalue weighted by Gasteiger charge is -2.34. The van der Waals surface area contributed by atoms with Crippen molar-refractivity contribution in [1.29, 1.82) is 0 Å². The Labute approximate surface area is 181 Å². The highest BCUT2D eigenvalue weighted by Gasteiger charge is 2.30. The van der Waals surface area contributed by atoms with E-state index in [0.29, 0.717) is 13.1 Å². The van der Waals surface area contributed by atoms with E-state index in [1.54, 1.807) is 35.9 Å². The summed E-state index contributed by atoms with van der Waals surface area (Å²) >= 11 is 0. The van der Waals surface area contributed by atoms with Gasteiger partial charge >= 0.3 is 0 Å². The van der Waals surface area contributed by atoms with Gasteiger partial charge in [-0.1, -0.05) is 30.3 Å². The minimum absolute atomic E-state index is 0.0259. The minimum Gasteiger partial charge on any atom is -0.334 e. The summed E-state index contributed by atoms with van der Waals surface area (Å²) in [6.45, 7) is 2.43. The Balaban J connectivity index is 1.61. The second-order valence-electron chi connectivity index (χ2n) is 7.56. The number of fused-ring (bicyclic) bond motifs is 1. The van der Waals surface area contributed by atoms with E-state index >= 15 is 0 Å². The number of carbonyl (C=O) groups is 2. The molecule has 0 bridgehead atoms. The Kier molecular flexibility index (Phi) is 6.17. The molecule has 2 aromatic heterocycles. The van der Waals surface area contributed by atoms with Crippen molar-refractivity contribution in [3.05, 3.63) is 102 Å². The van der Waals surface area contributed by atoms with E-state index in [9.17, 15) is 9.59 Å². The fourth-order valence-corrected chi connectivity index (χ4v) is 3.86. The van der Waals surface area contributed by atoms with E-state index in [1.807, 2.05) is 59.5 Å². The Morgan fingerprint density at radius 3 is 2.45 bits per heavy atom. The fourth-order valence-electron chi connectivity index (χ4n) is 3.86. The summed E-state index contributed by atoms with van der Waals surface area (Å²) in [4.78, 5) is 37.5. The molecule has 6 heteroatoms. The zero-order chi connectivity index (χ0) is 21.6. The van der Waals surface area contributed by atoms with Crippen LogP contribution in [-0.2, 0) is 22.7 Å². The number of carbonyl (C=O) groups excluding carboxylic acids is 2. The van der Waals surface area contributed by atoms with Crippen molar-refractivity contribution in [2.24, 2.45) is 0 Å². The van der Waals surface area contributed by atoms with E-state index < -0.39 is 0 Å². The lowest BCUT2D eigenvalue weighted by atomic mass is 9.93. The Morgan fingerprint density at radius 1 is 0.935 bits per heavy atom. The number of pyridine rings is 2. The fraction of sp³-hybridized carbons (Fsp3) is 0.200. The molecule has 1 unspecified atom stereocenters. The third-order valence-corrected chi connectivity index (χ3v) is 5.41. The summed E-state index contributed by atoms with van der Waals surface area (Å²) < 4.78 is 0. The van der Waals surface area contributed by atoms with E-state index in [4.69, 9.17) is 0 Å². The highest BCUT2D eigenvalue weighted by molar-refractivity contribution is 5.82. The smallest absolute Gasteiger partial charge is 0.225 e. The molecule has 1 atom stereocenters. The molecule has 2 amide bonds. The molecule has 1 aliphatic rings. The van der Waals surface area contributed by atoms with Crippen molar-refractivity contribution in [1.82, 2.24) is 19.8 Å². The van der Waals surface area contributed by atoms with Gasteiger partial charge in [0.15, 0.2) is 0 Å². The SMILES string of the molecule is CC(=O)N1C=Cc2ccccc2C1CC(=O)N(Cc1ccncc1)Cc1cccnc1. The van der Waals surface area contributed by atoms with Crippen molar-refractivity contribution in [3.63, 3.8) is 0 Å². The first-order valence-corrected chi connectivity index (χ1v) is 10.2. The second kappa shape index (κ2) is 9.34. The first kappa shape index (κ1) is 20.5. The number of benzene rings is 1. The molecule has 31 heavy (non-hydrogen) atoms. The molecule has 3 heterocycles. The summed E-state index contributed by atoms with van der Waals surface area (Å²) in [5, 5.41) is 0. The lowest BCUT2D eigenvalue weighted by molar-refractivity contribution is -0.135. The largest absolute Gasteiger partial charge is 0.334 e. The molecule has 0 saturated carbocycles. The average Bonchev–Trinajstić information content (AvgIpc) is 2.80. The van der Waals surface area contributed by atoms with Gasteiger partial charge in [-0.2, -0.15) is 0 Å². The van der Waals surface area contributed by atoms with E-state index in [1.165, 1.54) is 6.92 Å². The van der Waals surface area contributed by atoms with E-state index in [2.05, 4.69) is 9.97 Å². The molecule has 0 fully saturated rings. The van der Waals surface area contributed by atoms with Gasteiger partial charge < -0.3 is 9.80 Å². The van der Waals surface area contributed by atoms with Crippen LogP contribution in [0.1, 0.15) is 41.6 Å². The van der Waals surface area contributed by atoms with Crippen LogP contribution in [0.4, 0.5) is 0 Å². The third-order valence-electron chi connectivity index (χ3n) is 5.41. The highest BCUT2D eigenvalue weighted by atomic mass is 16.2. The number of amides is 2. The van der Waals surface area contributed by atoms with Crippen LogP contribution in [0.5, 0.6) is 0 Å². The van der Waals surface area contributed by atoms with Crippen LogP contribution in [0, 0.1) is 0 Å². The Bertz CT molecular complexity index is 1040. The average molecular weight is 412 g/mol. The second-order valence-corrected chi connectivity index (χ2v) is 7.56. The summed E-state index contributed by atoms with van der Waals surface area (Å²) in [7, 11) is 0. The van der Waals surface area contributed by atoms with E-state index in [0.717, 1.165) is 22.3 Å². The molecule has 0 saturated heterocycles. The van der Waals surface area contributed by atoms with Gasteiger partial charge in [0.25, 0.3) is 0 Å². The molecule has 4 rings (SSSR count). The van der Waals surface area contributed by atoms with Crippen molar-refractivity contribution in [2.45, 2.75) is 32.5 Å². The summed E-state index contributed by atoms with van der Waals surface area (Å²) in [5.74, 6) is -0.112. The molecule has 0 N–H and O–H groups in total. The first-order chi connectivity index (χ1) is 15.1. The molecule has 156 valence electrons. The van der Waals surface area contributed by atoms with E-state index in [-0.39, 0.29) is 24.3 Å². The monoisotopic (exact) mass is 412 g/mol. The molecule has 0 radical (unpaired) electrons. The maximum absolute atomic E-state index is 13.5. The topological polar surface area (TPSA) is 66.4 Å². The van der Waals surface area contributed by atoms with Crippen LogP contribution in [0.15, 0.2) is 79.5 Å². The summed E-state index contributed by atoms with van der Waals surface area (Å²) in [6, 6.07) is 15.2. The van der Waals surface area contributed by atoms with Crippen molar-refractivity contribution in [3.8, 4) is 0 Å². The van der Waals surface area contributed by atoms with Gasteiger partial charge in [-0.15, -0.1) is 0 Å². The van der Waals surface area contributed by atoms with Gasteiger partial charge in [0, 0.05) is 51.0 Å². The number of nitrogens with zero attached hydrogens (tertiary/aromatic N) is 4. The van der Waals surface area contributed by atoms with Crippen LogP contribution in [0.2, 0.25) is 0 Å². The normalized spacial score (nSPS) is 14.7. The van der Waals surface area contributed by atoms with Crippen molar-refractivity contribution >= 4 is 17.9 Å². The first-order valence-electron chi connectivity index (χ1n) is 10.2. The quantitative estimate of drug-likeness (QED) is 0.614. The molecule has 6 nitrogen and oxygen atoms in total. The van der Waals surface area contributed by atoms with Gasteiger partial charge in [-0.3, -0.25) is 19.6 Å². The predicted molar refractivity (Wildman–Crippen MR) is 118 cm³/mol. The van der Waals surface area contributed by atoms with Crippen molar-refractivity contribution < 1.29 is 9.59 Å². The molecule has 3 aromatic rings. The van der Waals surface area contributed by atoms with Crippen molar-refractivity contribution in [2.75, 3.05) is 0 Å². The number of rotatable bonds is 6. The molecule has 1 aliphatic heterocycles. The van der Waals surface area contributed by atoms with Crippen LogP contribution in [-0.4, -0.2) is 31.6 Å². The third kappa shape index (κ3) is 4.86. The summed E-state index contributed by atoms with van der Waals surface area (Å²) in [5.41, 5.74) is 3.97. The Hall–Kier alpha value is -3.80. The number of hydrogen-bond donors (Lipinski definition) is 0. The molecule has 0 aliphatic carbocycles. The maximum atomic E-state index is 13.5. The number of aromatic nitrogens is 2. The maximum Gasteiger partial charge on any atom is 0.225 e. The number of hydrogen-bond acceptors (Lipinski definition) is 4. The zero-order valence-corrected chi connectivity index (χ0v) is 17.4. The molecular formula is C25H24N4O2. The molecular weight excluding hydrogens is 388 g/mol. The van der Waals surface area contributed by atoms with Crippen LogP contribution in [0.3, 0.4) is 0 Å². The Morgan fingerprint density at radius 2 is 1.71 bits per heavy atom. The standard InChI is InChI=1S/C25H24N4O2/c1-19(30)29-14-10-22-6-2-3-7-23(22)24(29)15-25(31)28(17-20-8-12-26-13-9-20)18-21-5-4-11-27-16-21/h2-14,16,24H,15,17-18H2,1H3. The molecule has 0 spiro atoms. The highest BCUT2D eigenvalue weighted by Crippen LogP contribution is 2.33. The summed E-state index contributed by atoms with van der Waals surface area (Å²) in [6.07, 6.45) is 10.8. The van der Waals surface area contributed by atoms with Crippen LogP contribution >= 0.6 is 0 Å². The zero-order valence-electron chi connectivity index (χ0n) is 17.4. The molecule has 1 aromatic carbocycles.